The molecule has 0 aliphatic carbocycles. The minimum absolute atomic E-state index is 0.00494. The Balaban J connectivity index is 2.17. The number of carbonyl (C=O) groups is 1. The van der Waals surface area contributed by atoms with Crippen molar-refractivity contribution in [1.82, 2.24) is 4.90 Å². The molecule has 1 N–H and O–H groups in total. The van der Waals surface area contributed by atoms with Crippen LogP contribution < -0.4 is 4.74 Å². The van der Waals surface area contributed by atoms with Gasteiger partial charge in [0, 0.05) is 18.5 Å². The number of hydrogen-bond donors (Lipinski definition) is 1. The Labute approximate surface area is 134 Å². The number of amides is 1. The molecule has 0 aliphatic heterocycles. The molecule has 0 atom stereocenters. The summed E-state index contributed by atoms with van der Waals surface area (Å²) in [6.07, 6.45) is 1.99. The zero-order valence-corrected chi connectivity index (χ0v) is 13.7. The number of rotatable bonds is 5. The summed E-state index contributed by atoms with van der Waals surface area (Å²) in [5.74, 6) is 0.578. The van der Waals surface area contributed by atoms with E-state index in [-0.39, 0.29) is 11.7 Å². The second-order valence-electron chi connectivity index (χ2n) is 4.87. The molecule has 4 nitrogen and oxygen atoms in total. The lowest BCUT2D eigenvalue weighted by atomic mass is 10.1. The van der Waals surface area contributed by atoms with E-state index in [1.54, 1.807) is 49.0 Å². The predicted molar refractivity (Wildman–Crippen MR) is 88.7 cm³/mol. The van der Waals surface area contributed by atoms with Crippen molar-refractivity contribution in [3.8, 4) is 11.5 Å². The first-order valence-electron chi connectivity index (χ1n) is 6.81. The Bertz CT molecular complexity index is 673. The van der Waals surface area contributed by atoms with Gasteiger partial charge >= 0.3 is 0 Å². The van der Waals surface area contributed by atoms with E-state index in [1.807, 2.05) is 24.5 Å². The second-order valence-corrected chi connectivity index (χ2v) is 5.72. The fourth-order valence-corrected chi connectivity index (χ4v) is 2.73. The van der Waals surface area contributed by atoms with E-state index < -0.39 is 0 Å². The summed E-state index contributed by atoms with van der Waals surface area (Å²) in [6, 6.07) is 12.4. The lowest BCUT2D eigenvalue weighted by Crippen LogP contribution is -2.26. The third-order valence-electron chi connectivity index (χ3n) is 3.35. The van der Waals surface area contributed by atoms with Gasteiger partial charge < -0.3 is 14.7 Å². The van der Waals surface area contributed by atoms with Crippen molar-refractivity contribution in [2.75, 3.05) is 20.4 Å². The molecule has 0 aromatic heterocycles. The molecule has 2 aromatic carbocycles. The molecule has 2 rings (SSSR count). The van der Waals surface area contributed by atoms with Gasteiger partial charge in [-0.1, -0.05) is 18.2 Å². The van der Waals surface area contributed by atoms with Gasteiger partial charge in [0.05, 0.1) is 12.7 Å². The van der Waals surface area contributed by atoms with Gasteiger partial charge in [0.1, 0.15) is 11.5 Å². The van der Waals surface area contributed by atoms with E-state index in [0.29, 0.717) is 12.1 Å². The minimum atomic E-state index is -0.217. The molecule has 2 aromatic rings. The van der Waals surface area contributed by atoms with Crippen LogP contribution in [0.3, 0.4) is 0 Å². The Morgan fingerprint density at radius 1 is 1.27 bits per heavy atom. The predicted octanol–water partition coefficient (Wildman–Crippen LogP) is 3.39. The summed E-state index contributed by atoms with van der Waals surface area (Å²) in [7, 11) is 3.35. The van der Waals surface area contributed by atoms with Crippen LogP contribution in [0.25, 0.3) is 0 Å². The molecule has 5 heteroatoms. The quantitative estimate of drug-likeness (QED) is 0.859. The molecular weight excluding hydrogens is 298 g/mol. The highest BCUT2D eigenvalue weighted by Gasteiger charge is 2.16. The Kier molecular flexibility index (Phi) is 5.33. The zero-order valence-electron chi connectivity index (χ0n) is 12.9. The van der Waals surface area contributed by atoms with Crippen LogP contribution in [-0.2, 0) is 6.54 Å². The van der Waals surface area contributed by atoms with Crippen LogP contribution >= 0.6 is 11.8 Å². The molecule has 0 heterocycles. The number of ether oxygens (including phenoxy) is 1. The molecule has 0 saturated heterocycles. The summed E-state index contributed by atoms with van der Waals surface area (Å²) in [5, 5.41) is 9.78. The van der Waals surface area contributed by atoms with E-state index >= 15 is 0 Å². The molecule has 0 aliphatic rings. The van der Waals surface area contributed by atoms with Crippen LogP contribution in [0.4, 0.5) is 0 Å². The van der Waals surface area contributed by atoms with E-state index in [9.17, 15) is 9.90 Å². The second kappa shape index (κ2) is 7.22. The van der Waals surface area contributed by atoms with Crippen molar-refractivity contribution in [1.29, 1.82) is 0 Å². The van der Waals surface area contributed by atoms with Crippen LogP contribution in [0.1, 0.15) is 15.9 Å². The number of phenolic OH excluding ortho intramolecular Hbond substituents is 1. The number of hydrogen-bond acceptors (Lipinski definition) is 4. The summed E-state index contributed by atoms with van der Waals surface area (Å²) < 4.78 is 5.36. The molecule has 0 saturated carbocycles. The average molecular weight is 317 g/mol. The van der Waals surface area contributed by atoms with Gasteiger partial charge in [-0.2, -0.15) is 0 Å². The first-order chi connectivity index (χ1) is 10.6. The van der Waals surface area contributed by atoms with Gasteiger partial charge in [0.25, 0.3) is 5.91 Å². The van der Waals surface area contributed by atoms with Gasteiger partial charge in [0.15, 0.2) is 0 Å². The van der Waals surface area contributed by atoms with Crippen molar-refractivity contribution in [3.05, 3.63) is 53.6 Å². The lowest BCUT2D eigenvalue weighted by Gasteiger charge is -2.19. The first kappa shape index (κ1) is 16.2. The maximum atomic E-state index is 12.4. The molecule has 0 radical (unpaired) electrons. The van der Waals surface area contributed by atoms with Crippen LogP contribution in [-0.4, -0.2) is 36.3 Å². The van der Waals surface area contributed by atoms with Gasteiger partial charge in [-0.05, 0) is 36.1 Å². The van der Waals surface area contributed by atoms with E-state index in [2.05, 4.69) is 0 Å². The number of aromatic hydroxyl groups is 1. The average Bonchev–Trinajstić information content (AvgIpc) is 2.54. The topological polar surface area (TPSA) is 49.8 Å². The van der Waals surface area contributed by atoms with E-state index in [0.717, 1.165) is 16.2 Å². The number of benzene rings is 2. The van der Waals surface area contributed by atoms with Gasteiger partial charge in [0.2, 0.25) is 0 Å². The lowest BCUT2D eigenvalue weighted by molar-refractivity contribution is 0.0782. The molecular formula is C17H19NO3S. The summed E-state index contributed by atoms with van der Waals surface area (Å²) >= 11 is 1.61. The monoisotopic (exact) mass is 317 g/mol. The summed E-state index contributed by atoms with van der Waals surface area (Å²) in [6.45, 7) is 0.443. The van der Waals surface area contributed by atoms with Gasteiger partial charge in [-0.15, -0.1) is 11.8 Å². The molecule has 0 spiro atoms. The van der Waals surface area contributed by atoms with Crippen molar-refractivity contribution >= 4 is 17.7 Å². The molecule has 1 amide bonds. The maximum Gasteiger partial charge on any atom is 0.257 e. The summed E-state index contributed by atoms with van der Waals surface area (Å²) in [4.78, 5) is 15.0. The highest BCUT2D eigenvalue weighted by atomic mass is 32.2. The number of thioether (sulfide) groups is 1. The Hall–Kier alpha value is -2.14. The molecule has 0 fully saturated rings. The first-order valence-corrected chi connectivity index (χ1v) is 8.03. The minimum Gasteiger partial charge on any atom is -0.507 e. The zero-order chi connectivity index (χ0) is 16.1. The standard InChI is InChI=1S/C17H19NO3S/c1-18(17(20)13-6-4-5-7-14(13)19)11-12-8-9-16(22-3)15(10-12)21-2/h4-10,19H,11H2,1-3H3. The molecule has 22 heavy (non-hydrogen) atoms. The number of phenols is 1. The van der Waals surface area contributed by atoms with Crippen LogP contribution in [0.5, 0.6) is 11.5 Å². The van der Waals surface area contributed by atoms with Gasteiger partial charge in [-0.3, -0.25) is 4.79 Å². The van der Waals surface area contributed by atoms with Gasteiger partial charge in [-0.25, -0.2) is 0 Å². The molecule has 116 valence electrons. The van der Waals surface area contributed by atoms with Crippen LogP contribution in [0.15, 0.2) is 47.4 Å². The van der Waals surface area contributed by atoms with E-state index in [4.69, 9.17) is 4.74 Å². The highest BCUT2D eigenvalue weighted by molar-refractivity contribution is 7.98. The Morgan fingerprint density at radius 3 is 2.64 bits per heavy atom. The molecule has 0 unspecified atom stereocenters. The van der Waals surface area contributed by atoms with Crippen LogP contribution in [0, 0.1) is 0 Å². The fraction of sp³-hybridized carbons (Fsp3) is 0.235. The smallest absolute Gasteiger partial charge is 0.257 e. The normalized spacial score (nSPS) is 10.3. The number of methoxy groups -OCH3 is 1. The summed E-state index contributed by atoms with van der Waals surface area (Å²) in [5.41, 5.74) is 1.28. The maximum absolute atomic E-state index is 12.4. The number of nitrogens with zero attached hydrogens (tertiary/aromatic N) is 1. The fourth-order valence-electron chi connectivity index (χ4n) is 2.18. The van der Waals surface area contributed by atoms with E-state index in [1.165, 1.54) is 6.07 Å². The van der Waals surface area contributed by atoms with Crippen molar-refractivity contribution < 1.29 is 14.6 Å². The number of para-hydroxylation sites is 1. The van der Waals surface area contributed by atoms with Crippen LogP contribution in [0.2, 0.25) is 0 Å². The largest absolute Gasteiger partial charge is 0.507 e. The van der Waals surface area contributed by atoms with Crippen molar-refractivity contribution in [2.45, 2.75) is 11.4 Å². The van der Waals surface area contributed by atoms with Crippen molar-refractivity contribution in [3.63, 3.8) is 0 Å². The third-order valence-corrected chi connectivity index (χ3v) is 4.13. The van der Waals surface area contributed by atoms with Crippen molar-refractivity contribution in [2.24, 2.45) is 0 Å². The Morgan fingerprint density at radius 2 is 2.00 bits per heavy atom. The third kappa shape index (κ3) is 3.54. The highest BCUT2D eigenvalue weighted by Crippen LogP contribution is 2.29. The number of carbonyl (C=O) groups excluding carboxylic acids is 1. The molecule has 0 bridgehead atoms. The SMILES string of the molecule is COc1cc(CN(C)C(=O)c2ccccc2O)ccc1SC.